The SMILES string of the molecule is CCCCCCC(=O)OC(C)(C)C.CCCCCN.C[B]OOCB=O. The monoisotopic (exact) mass is 372 g/mol. The molecule has 0 aromatic carbocycles. The molecule has 1 radical (unpaired) electrons. The van der Waals surface area contributed by atoms with Crippen LogP contribution >= 0.6 is 0 Å². The van der Waals surface area contributed by atoms with E-state index in [1.54, 1.807) is 6.82 Å². The van der Waals surface area contributed by atoms with Gasteiger partial charge in [-0.05, 0) is 40.2 Å². The van der Waals surface area contributed by atoms with Crippen molar-refractivity contribution in [1.29, 1.82) is 0 Å². The Kier molecular flexibility index (Phi) is 28.0. The van der Waals surface area contributed by atoms with E-state index in [-0.39, 0.29) is 18.1 Å². The van der Waals surface area contributed by atoms with Gasteiger partial charge in [0, 0.05) is 6.42 Å². The van der Waals surface area contributed by atoms with Crippen LogP contribution in [-0.4, -0.2) is 39.3 Å². The van der Waals surface area contributed by atoms with Crippen LogP contribution in [0.4, 0.5) is 0 Å². The van der Waals surface area contributed by atoms with E-state index < -0.39 is 0 Å². The molecule has 0 saturated heterocycles. The third kappa shape index (κ3) is 38.7. The van der Waals surface area contributed by atoms with E-state index in [1.165, 1.54) is 39.6 Å². The van der Waals surface area contributed by atoms with E-state index >= 15 is 0 Å². The molecule has 0 amide bonds. The standard InChI is InChI=1S/C11H22O2.C5H13N.C2H5B2O3/c1-5-6-7-8-9-10(12)13-11(2,3)4;1-2-3-4-5-6;1-3-7-6-2-4-5/h5-9H2,1-4H3;2-6H2,1H3;2H2,1H3. The Balaban J connectivity index is -0.000000342. The summed E-state index contributed by atoms with van der Waals surface area (Å²) in [6, 6.07) is 0. The van der Waals surface area contributed by atoms with Gasteiger partial charge in [0.15, 0.2) is 0 Å². The molecule has 0 bridgehead atoms. The Labute approximate surface area is 162 Å². The number of esters is 1. The van der Waals surface area contributed by atoms with Gasteiger partial charge in [-0.25, -0.2) is 0 Å². The number of carbonyl (C=O) groups is 1. The average Bonchev–Trinajstić information content (AvgIpc) is 2.57. The minimum atomic E-state index is -0.332. The zero-order chi connectivity index (χ0) is 20.7. The van der Waals surface area contributed by atoms with Gasteiger partial charge in [0.25, 0.3) is 0 Å². The number of hydrogen-bond acceptors (Lipinski definition) is 6. The van der Waals surface area contributed by atoms with Crippen LogP contribution < -0.4 is 5.73 Å². The molecule has 0 aliphatic heterocycles. The van der Waals surface area contributed by atoms with E-state index in [0.717, 1.165) is 19.4 Å². The molecule has 0 fully saturated rings. The van der Waals surface area contributed by atoms with Gasteiger partial charge in [-0.1, -0.05) is 46.0 Å². The molecule has 0 aliphatic carbocycles. The van der Waals surface area contributed by atoms with E-state index in [9.17, 15) is 9.50 Å². The Morgan fingerprint density at radius 3 is 1.96 bits per heavy atom. The summed E-state index contributed by atoms with van der Waals surface area (Å²) < 4.78 is 14.6. The fourth-order valence-corrected chi connectivity index (χ4v) is 1.62. The van der Waals surface area contributed by atoms with Gasteiger partial charge in [-0.15, -0.1) is 0 Å². The summed E-state index contributed by atoms with van der Waals surface area (Å²) in [6.45, 7) is 12.5. The van der Waals surface area contributed by atoms with Crippen molar-refractivity contribution in [3.05, 3.63) is 0 Å². The molecule has 26 heavy (non-hydrogen) atoms. The molecule has 8 heteroatoms. The number of hydrogen-bond donors (Lipinski definition) is 1. The van der Waals surface area contributed by atoms with Crippen molar-refractivity contribution in [3.8, 4) is 0 Å². The average molecular weight is 372 g/mol. The molecule has 0 aromatic rings. The summed E-state index contributed by atoms with van der Waals surface area (Å²) in [5, 5.41) is 0. The summed E-state index contributed by atoms with van der Waals surface area (Å²) in [5.41, 5.74) is 4.88. The molecule has 2 N–H and O–H groups in total. The van der Waals surface area contributed by atoms with E-state index in [0.29, 0.717) is 13.6 Å². The van der Waals surface area contributed by atoms with Crippen LogP contribution in [0.25, 0.3) is 0 Å². The van der Waals surface area contributed by atoms with Crippen LogP contribution in [-0.2, 0) is 23.9 Å². The molecule has 0 atom stereocenters. The van der Waals surface area contributed by atoms with Crippen molar-refractivity contribution < 1.29 is 23.9 Å². The van der Waals surface area contributed by atoms with E-state index in [4.69, 9.17) is 10.5 Å². The second kappa shape index (κ2) is 24.3. The summed E-state index contributed by atoms with van der Waals surface area (Å²) in [7, 11) is 1.97. The van der Waals surface area contributed by atoms with Crippen molar-refractivity contribution in [3.63, 3.8) is 0 Å². The first-order chi connectivity index (χ1) is 12.3. The van der Waals surface area contributed by atoms with Crippen LogP contribution in [0.3, 0.4) is 0 Å². The second-order valence-electron chi connectivity index (χ2n) is 6.68. The Morgan fingerprint density at radius 1 is 1.00 bits per heavy atom. The predicted octanol–water partition coefficient (Wildman–Crippen LogP) is 4.04. The molecule has 0 rings (SSSR count). The van der Waals surface area contributed by atoms with Crippen molar-refractivity contribution >= 4 is 20.6 Å². The van der Waals surface area contributed by atoms with Gasteiger partial charge in [0.2, 0.25) is 0 Å². The number of nitrogens with two attached hydrogens (primary N) is 1. The summed E-state index contributed by atoms with van der Waals surface area (Å²) in [5.74, 6) is -0.0661. The van der Waals surface area contributed by atoms with Crippen LogP contribution in [0.2, 0.25) is 6.82 Å². The van der Waals surface area contributed by atoms with E-state index in [2.05, 4.69) is 23.5 Å². The van der Waals surface area contributed by atoms with Gasteiger partial charge in [-0.2, -0.15) is 0 Å². The third-order valence-electron chi connectivity index (χ3n) is 2.76. The van der Waals surface area contributed by atoms with Crippen molar-refractivity contribution in [2.75, 3.05) is 13.1 Å². The molecule has 6 nitrogen and oxygen atoms in total. The van der Waals surface area contributed by atoms with Crippen molar-refractivity contribution in [2.24, 2.45) is 5.73 Å². The maximum atomic E-state index is 11.2. The fourth-order valence-electron chi connectivity index (χ4n) is 1.62. The van der Waals surface area contributed by atoms with Crippen LogP contribution in [0.15, 0.2) is 0 Å². The molecule has 0 spiro atoms. The molecule has 0 unspecified atom stereocenters. The normalized spacial score (nSPS) is 9.81. The van der Waals surface area contributed by atoms with Gasteiger partial charge in [0.05, 0.1) is 0 Å². The quantitative estimate of drug-likeness (QED) is 0.183. The molecular formula is C18H40B2NO5. The zero-order valence-corrected chi connectivity index (χ0v) is 17.8. The first-order valence-electron chi connectivity index (χ1n) is 9.70. The van der Waals surface area contributed by atoms with Gasteiger partial charge >= 0.3 is 48.3 Å². The Bertz CT molecular complexity index is 296. The first kappa shape index (κ1) is 30.0. The maximum absolute atomic E-state index is 11.2. The molecular weight excluding hydrogens is 332 g/mol. The fraction of sp³-hybridized carbons (Fsp3) is 0.944. The first-order valence-corrected chi connectivity index (χ1v) is 9.70. The van der Waals surface area contributed by atoms with Gasteiger partial charge in [0.1, 0.15) is 5.60 Å². The molecule has 0 saturated carbocycles. The summed E-state index contributed by atoms with van der Waals surface area (Å²) in [4.78, 5) is 19.6. The number of ether oxygens (including phenoxy) is 1. The van der Waals surface area contributed by atoms with E-state index in [1.807, 2.05) is 20.8 Å². The molecule has 0 heterocycles. The van der Waals surface area contributed by atoms with Crippen molar-refractivity contribution in [1.82, 2.24) is 0 Å². The zero-order valence-electron chi connectivity index (χ0n) is 17.8. The second-order valence-corrected chi connectivity index (χ2v) is 6.68. The summed E-state index contributed by atoms with van der Waals surface area (Å²) >= 11 is 0. The Morgan fingerprint density at radius 2 is 1.58 bits per heavy atom. The minimum absolute atomic E-state index is 0.00958. The molecule has 153 valence electrons. The molecule has 0 aliphatic rings. The number of unbranched alkanes of at least 4 members (excludes halogenated alkanes) is 5. The third-order valence-corrected chi connectivity index (χ3v) is 2.76. The number of carbonyl (C=O) groups excluding carboxylic acids is 1. The van der Waals surface area contributed by atoms with Gasteiger partial charge in [-0.3, -0.25) is 4.79 Å². The summed E-state index contributed by atoms with van der Waals surface area (Å²) in [6.07, 6.45) is 8.83. The van der Waals surface area contributed by atoms with Crippen LogP contribution in [0, 0.1) is 0 Å². The Hall–Kier alpha value is -0.720. The predicted molar refractivity (Wildman–Crippen MR) is 108 cm³/mol. The van der Waals surface area contributed by atoms with Gasteiger partial charge < -0.3 is 10.5 Å². The van der Waals surface area contributed by atoms with Crippen LogP contribution in [0.1, 0.15) is 86.0 Å². The topological polar surface area (TPSA) is 87.8 Å². The van der Waals surface area contributed by atoms with Crippen LogP contribution in [0.5, 0.6) is 0 Å². The number of rotatable bonds is 12. The van der Waals surface area contributed by atoms with Crippen molar-refractivity contribution in [2.45, 2.75) is 98.4 Å². The molecule has 0 aromatic heterocycles.